The Morgan fingerprint density at radius 3 is 2.53 bits per heavy atom. The molecule has 0 radical (unpaired) electrons. The Morgan fingerprint density at radius 2 is 2.00 bits per heavy atom. The Kier molecular flexibility index (Phi) is 2.95. The molecule has 17 heavy (non-hydrogen) atoms. The predicted molar refractivity (Wildman–Crippen MR) is 61.3 cm³/mol. The molecule has 6 heteroatoms. The topological polar surface area (TPSA) is 55.9 Å². The zero-order valence-corrected chi connectivity index (χ0v) is 9.24. The molecule has 3 N–H and O–H groups in total. The van der Waals surface area contributed by atoms with E-state index < -0.39 is 11.6 Å². The highest BCUT2D eigenvalue weighted by Crippen LogP contribution is 2.22. The van der Waals surface area contributed by atoms with E-state index in [-0.39, 0.29) is 17.9 Å². The van der Waals surface area contributed by atoms with Crippen molar-refractivity contribution >= 4 is 11.4 Å². The van der Waals surface area contributed by atoms with Gasteiger partial charge in [0.25, 0.3) is 0 Å². The first-order valence-corrected chi connectivity index (χ1v) is 5.02. The van der Waals surface area contributed by atoms with Gasteiger partial charge in [0.2, 0.25) is 0 Å². The van der Waals surface area contributed by atoms with Crippen LogP contribution in [0.5, 0.6) is 0 Å². The predicted octanol–water partition coefficient (Wildman–Crippen LogP) is 1.89. The van der Waals surface area contributed by atoms with Crippen LogP contribution >= 0.6 is 0 Å². The summed E-state index contributed by atoms with van der Waals surface area (Å²) in [7, 11) is 1.81. The van der Waals surface area contributed by atoms with E-state index in [0.717, 1.165) is 12.1 Å². The first-order valence-electron chi connectivity index (χ1n) is 5.02. The summed E-state index contributed by atoms with van der Waals surface area (Å²) >= 11 is 0. The van der Waals surface area contributed by atoms with Gasteiger partial charge in [-0.05, 0) is 12.1 Å². The van der Waals surface area contributed by atoms with Gasteiger partial charge in [0.1, 0.15) is 11.5 Å². The molecule has 2 aromatic rings. The van der Waals surface area contributed by atoms with Crippen LogP contribution in [-0.2, 0) is 13.6 Å². The van der Waals surface area contributed by atoms with Crippen LogP contribution in [0.1, 0.15) is 5.82 Å². The fourth-order valence-electron chi connectivity index (χ4n) is 1.50. The molecule has 4 nitrogen and oxygen atoms in total. The highest BCUT2D eigenvalue weighted by Gasteiger charge is 2.10. The van der Waals surface area contributed by atoms with E-state index in [1.165, 1.54) is 0 Å². The van der Waals surface area contributed by atoms with Gasteiger partial charge in [0.05, 0.1) is 6.54 Å². The van der Waals surface area contributed by atoms with E-state index in [9.17, 15) is 8.78 Å². The summed E-state index contributed by atoms with van der Waals surface area (Å²) in [6.45, 7) is 0.237. The molecule has 0 saturated carbocycles. The van der Waals surface area contributed by atoms with Gasteiger partial charge in [-0.1, -0.05) is 0 Å². The molecule has 90 valence electrons. The third-order valence-corrected chi connectivity index (χ3v) is 2.41. The van der Waals surface area contributed by atoms with Crippen LogP contribution in [0.15, 0.2) is 24.5 Å². The maximum absolute atomic E-state index is 13.4. The molecular weight excluding hydrogens is 226 g/mol. The summed E-state index contributed by atoms with van der Waals surface area (Å²) in [6.07, 6.45) is 3.37. The van der Waals surface area contributed by atoms with Crippen molar-refractivity contribution in [1.29, 1.82) is 0 Å². The summed E-state index contributed by atoms with van der Waals surface area (Å²) in [6, 6.07) is 2.15. The second-order valence-electron chi connectivity index (χ2n) is 3.67. The van der Waals surface area contributed by atoms with Crippen molar-refractivity contribution < 1.29 is 8.78 Å². The van der Waals surface area contributed by atoms with E-state index in [4.69, 9.17) is 5.73 Å². The number of anilines is 2. The lowest BCUT2D eigenvalue weighted by Gasteiger charge is -2.09. The Labute approximate surface area is 97.1 Å². The lowest BCUT2D eigenvalue weighted by Crippen LogP contribution is -2.08. The minimum atomic E-state index is -0.711. The molecule has 0 amide bonds. The highest BCUT2D eigenvalue weighted by atomic mass is 19.1. The summed E-state index contributed by atoms with van der Waals surface area (Å²) in [5, 5.41) is 2.66. The van der Waals surface area contributed by atoms with Crippen molar-refractivity contribution in [2.75, 3.05) is 11.1 Å². The van der Waals surface area contributed by atoms with E-state index in [1.807, 2.05) is 0 Å². The van der Waals surface area contributed by atoms with Crippen LogP contribution in [0, 0.1) is 11.6 Å². The van der Waals surface area contributed by atoms with Gasteiger partial charge in [-0.15, -0.1) is 0 Å². The van der Waals surface area contributed by atoms with E-state index in [2.05, 4.69) is 10.3 Å². The number of hydrogen-bond donors (Lipinski definition) is 2. The van der Waals surface area contributed by atoms with Crippen LogP contribution in [0.4, 0.5) is 20.2 Å². The number of nitrogens with two attached hydrogens (primary N) is 1. The van der Waals surface area contributed by atoms with Crippen molar-refractivity contribution in [3.05, 3.63) is 42.0 Å². The fraction of sp³-hybridized carbons (Fsp3) is 0.182. The molecule has 0 aliphatic carbocycles. The molecule has 0 fully saturated rings. The number of nitrogens with zero attached hydrogens (tertiary/aromatic N) is 2. The molecule has 0 unspecified atom stereocenters. The number of nitrogens with one attached hydrogen (secondary N) is 1. The maximum Gasteiger partial charge on any atom is 0.151 e. The number of rotatable bonds is 3. The molecule has 1 aromatic carbocycles. The van der Waals surface area contributed by atoms with E-state index in [1.54, 1.807) is 24.0 Å². The van der Waals surface area contributed by atoms with Gasteiger partial charge in [-0.25, -0.2) is 13.8 Å². The minimum Gasteiger partial charge on any atom is -0.399 e. The van der Waals surface area contributed by atoms with Gasteiger partial charge >= 0.3 is 0 Å². The van der Waals surface area contributed by atoms with Gasteiger partial charge in [0, 0.05) is 25.1 Å². The number of imidazole rings is 1. The molecular formula is C11H12F2N4. The number of aryl methyl sites for hydroxylation is 1. The van der Waals surface area contributed by atoms with E-state index in [0.29, 0.717) is 5.82 Å². The molecule has 0 saturated heterocycles. The van der Waals surface area contributed by atoms with Gasteiger partial charge in [-0.2, -0.15) is 0 Å². The standard InChI is InChI=1S/C11H12F2N4/c1-17-3-2-15-10(17)6-16-11-8(12)4-7(14)5-9(11)13/h2-5,16H,6,14H2,1H3. The molecule has 0 atom stereocenters. The molecule has 1 aromatic heterocycles. The first-order chi connectivity index (χ1) is 8.08. The van der Waals surface area contributed by atoms with Crippen LogP contribution in [0.2, 0.25) is 0 Å². The SMILES string of the molecule is Cn1ccnc1CNc1c(F)cc(N)cc1F. The monoisotopic (exact) mass is 238 g/mol. The van der Waals surface area contributed by atoms with Crippen molar-refractivity contribution in [3.8, 4) is 0 Å². The van der Waals surface area contributed by atoms with Gasteiger partial charge < -0.3 is 15.6 Å². The Bertz CT molecular complexity index is 513. The number of nitrogen functional groups attached to an aromatic ring is 1. The largest absolute Gasteiger partial charge is 0.399 e. The third kappa shape index (κ3) is 2.35. The van der Waals surface area contributed by atoms with Gasteiger partial charge in [-0.3, -0.25) is 0 Å². The summed E-state index contributed by atoms with van der Waals surface area (Å²) < 4.78 is 28.6. The third-order valence-electron chi connectivity index (χ3n) is 2.41. The summed E-state index contributed by atoms with van der Waals surface area (Å²) in [5.41, 5.74) is 5.18. The van der Waals surface area contributed by atoms with Crippen molar-refractivity contribution in [1.82, 2.24) is 9.55 Å². The van der Waals surface area contributed by atoms with Gasteiger partial charge in [0.15, 0.2) is 11.6 Å². The molecule has 0 bridgehead atoms. The second kappa shape index (κ2) is 4.40. The molecule has 2 rings (SSSR count). The lowest BCUT2D eigenvalue weighted by molar-refractivity contribution is 0.588. The molecule has 1 heterocycles. The lowest BCUT2D eigenvalue weighted by atomic mass is 10.2. The fourth-order valence-corrected chi connectivity index (χ4v) is 1.50. The average molecular weight is 238 g/mol. The molecule has 0 aliphatic rings. The zero-order chi connectivity index (χ0) is 12.4. The number of benzene rings is 1. The number of aromatic nitrogens is 2. The van der Waals surface area contributed by atoms with Crippen LogP contribution in [0.3, 0.4) is 0 Å². The quantitative estimate of drug-likeness (QED) is 0.803. The smallest absolute Gasteiger partial charge is 0.151 e. The molecule has 0 aliphatic heterocycles. The first kappa shape index (κ1) is 11.4. The normalized spacial score (nSPS) is 10.5. The average Bonchev–Trinajstić information content (AvgIpc) is 2.62. The maximum atomic E-state index is 13.4. The van der Waals surface area contributed by atoms with Crippen molar-refractivity contribution in [2.24, 2.45) is 7.05 Å². The second-order valence-corrected chi connectivity index (χ2v) is 3.67. The van der Waals surface area contributed by atoms with Crippen molar-refractivity contribution in [2.45, 2.75) is 6.54 Å². The summed E-state index contributed by atoms with van der Waals surface area (Å²) in [5.74, 6) is -0.742. The van der Waals surface area contributed by atoms with E-state index >= 15 is 0 Å². The Hall–Kier alpha value is -2.11. The number of hydrogen-bond acceptors (Lipinski definition) is 3. The number of halogens is 2. The van der Waals surface area contributed by atoms with Crippen LogP contribution in [0.25, 0.3) is 0 Å². The van der Waals surface area contributed by atoms with Crippen molar-refractivity contribution in [3.63, 3.8) is 0 Å². The molecule has 0 spiro atoms. The minimum absolute atomic E-state index is 0.0579. The summed E-state index contributed by atoms with van der Waals surface area (Å²) in [4.78, 5) is 4.04. The van der Waals surface area contributed by atoms with Crippen LogP contribution < -0.4 is 11.1 Å². The highest BCUT2D eigenvalue weighted by molar-refractivity contribution is 5.54. The zero-order valence-electron chi connectivity index (χ0n) is 9.24. The Morgan fingerprint density at radius 1 is 1.35 bits per heavy atom. The van der Waals surface area contributed by atoms with Crippen LogP contribution in [-0.4, -0.2) is 9.55 Å². The Balaban J connectivity index is 2.17.